The standard InChI is InChI=1S/C43H83NO7/c1-6-8-10-12-14-16-17-18-19-20-21-22-23-24-25-26-28-30-32-34-42(46)51-39(37-49-36-35-40(43(47)48)44(3,4)5)38-50-41(45)33-31-29-27-15-13-11-9-7-2/h39-40H,6-38H2,1-5H3. The van der Waals surface area contributed by atoms with Gasteiger partial charge in [0.25, 0.3) is 0 Å². The fraction of sp³-hybridized carbons (Fsp3) is 0.930. The first kappa shape index (κ1) is 49.3. The van der Waals surface area contributed by atoms with E-state index in [-0.39, 0.29) is 42.7 Å². The Bertz CT molecular complexity index is 813. The van der Waals surface area contributed by atoms with E-state index in [4.69, 9.17) is 14.2 Å². The van der Waals surface area contributed by atoms with Crippen molar-refractivity contribution in [2.45, 2.75) is 219 Å². The van der Waals surface area contributed by atoms with E-state index in [1.165, 1.54) is 135 Å². The zero-order valence-electron chi connectivity index (χ0n) is 34.3. The molecular formula is C43H83NO7. The van der Waals surface area contributed by atoms with Gasteiger partial charge in [0.15, 0.2) is 6.10 Å². The number of carboxylic acids is 1. The smallest absolute Gasteiger partial charge is 0.306 e. The molecule has 0 aliphatic carbocycles. The highest BCUT2D eigenvalue weighted by Crippen LogP contribution is 2.16. The maximum absolute atomic E-state index is 12.7. The number of rotatable bonds is 39. The lowest BCUT2D eigenvalue weighted by atomic mass is 10.0. The summed E-state index contributed by atoms with van der Waals surface area (Å²) in [5, 5.41) is 11.6. The van der Waals surface area contributed by atoms with E-state index in [2.05, 4.69) is 13.8 Å². The van der Waals surface area contributed by atoms with Gasteiger partial charge < -0.3 is 28.6 Å². The van der Waals surface area contributed by atoms with Crippen LogP contribution in [0.4, 0.5) is 0 Å². The summed E-state index contributed by atoms with van der Waals surface area (Å²) in [5.41, 5.74) is 0. The third-order valence-electron chi connectivity index (χ3n) is 9.99. The van der Waals surface area contributed by atoms with Gasteiger partial charge in [0.05, 0.1) is 40.3 Å². The maximum Gasteiger partial charge on any atom is 0.306 e. The van der Waals surface area contributed by atoms with Crippen molar-refractivity contribution in [3.63, 3.8) is 0 Å². The van der Waals surface area contributed by atoms with Crippen LogP contribution < -0.4 is 5.11 Å². The predicted molar refractivity (Wildman–Crippen MR) is 208 cm³/mol. The molecule has 0 spiro atoms. The summed E-state index contributed by atoms with van der Waals surface area (Å²) in [4.78, 5) is 36.6. The predicted octanol–water partition coefficient (Wildman–Crippen LogP) is 10.0. The average Bonchev–Trinajstić information content (AvgIpc) is 3.08. The van der Waals surface area contributed by atoms with Crippen LogP contribution in [0, 0.1) is 0 Å². The summed E-state index contributed by atoms with van der Waals surface area (Å²) in [7, 11) is 5.41. The number of hydrogen-bond acceptors (Lipinski definition) is 7. The van der Waals surface area contributed by atoms with Gasteiger partial charge in [0.2, 0.25) is 0 Å². The van der Waals surface area contributed by atoms with Crippen molar-refractivity contribution in [3.8, 4) is 0 Å². The van der Waals surface area contributed by atoms with Gasteiger partial charge in [0, 0.05) is 19.3 Å². The van der Waals surface area contributed by atoms with Crippen molar-refractivity contribution in [3.05, 3.63) is 0 Å². The summed E-state index contributed by atoms with van der Waals surface area (Å²) in [6, 6.07) is -0.718. The van der Waals surface area contributed by atoms with Crippen LogP contribution in [0.2, 0.25) is 0 Å². The highest BCUT2D eigenvalue weighted by Gasteiger charge is 2.25. The quantitative estimate of drug-likeness (QED) is 0.0353. The minimum Gasteiger partial charge on any atom is -0.544 e. The lowest BCUT2D eigenvalue weighted by Gasteiger charge is -2.34. The topological polar surface area (TPSA) is 102 Å². The van der Waals surface area contributed by atoms with Gasteiger partial charge in [-0.1, -0.05) is 174 Å². The second-order valence-corrected chi connectivity index (χ2v) is 15.9. The number of esters is 2. The molecule has 0 amide bonds. The SMILES string of the molecule is CCCCCCCCCCCCCCCCCCCCCC(=O)OC(COCCC(C(=O)[O-])[N+](C)(C)C)COC(=O)CCCCCCCCCC. The molecule has 0 aromatic heterocycles. The monoisotopic (exact) mass is 726 g/mol. The van der Waals surface area contributed by atoms with Crippen LogP contribution in [0.3, 0.4) is 0 Å². The van der Waals surface area contributed by atoms with Gasteiger partial charge in [-0.25, -0.2) is 0 Å². The van der Waals surface area contributed by atoms with E-state index in [9.17, 15) is 19.5 Å². The molecule has 0 aliphatic rings. The lowest BCUT2D eigenvalue weighted by molar-refractivity contribution is -0.889. The van der Waals surface area contributed by atoms with E-state index in [1.807, 2.05) is 0 Å². The molecule has 0 fully saturated rings. The van der Waals surface area contributed by atoms with Crippen LogP contribution in [-0.4, -0.2) is 75.5 Å². The molecule has 0 radical (unpaired) electrons. The summed E-state index contributed by atoms with van der Waals surface area (Å²) < 4.78 is 17.1. The molecule has 0 heterocycles. The summed E-state index contributed by atoms with van der Waals surface area (Å²) in [6.07, 6.45) is 34.2. The Kier molecular flexibility index (Phi) is 34.2. The molecule has 8 nitrogen and oxygen atoms in total. The van der Waals surface area contributed by atoms with E-state index in [1.54, 1.807) is 21.1 Å². The number of nitrogens with zero attached hydrogens (tertiary/aromatic N) is 1. The largest absolute Gasteiger partial charge is 0.544 e. The maximum atomic E-state index is 12.7. The van der Waals surface area contributed by atoms with Crippen molar-refractivity contribution in [2.75, 3.05) is 41.0 Å². The van der Waals surface area contributed by atoms with Crippen LogP contribution in [0.5, 0.6) is 0 Å². The second kappa shape index (κ2) is 35.4. The Hall–Kier alpha value is -1.67. The highest BCUT2D eigenvalue weighted by atomic mass is 16.6. The fourth-order valence-corrected chi connectivity index (χ4v) is 6.60. The molecule has 2 atom stereocenters. The number of carboxylic acid groups (broad SMARTS) is 1. The minimum atomic E-state index is -1.12. The molecule has 302 valence electrons. The number of carbonyl (C=O) groups is 3. The van der Waals surface area contributed by atoms with Crippen molar-refractivity contribution in [1.29, 1.82) is 0 Å². The Balaban J connectivity index is 4.20. The number of hydrogen-bond donors (Lipinski definition) is 0. The number of carbonyl (C=O) groups excluding carboxylic acids is 3. The van der Waals surface area contributed by atoms with Crippen molar-refractivity contribution in [1.82, 2.24) is 0 Å². The van der Waals surface area contributed by atoms with Crippen molar-refractivity contribution < 1.29 is 38.2 Å². The molecule has 0 rings (SSSR count). The van der Waals surface area contributed by atoms with Crippen LogP contribution in [0.25, 0.3) is 0 Å². The summed E-state index contributed by atoms with van der Waals surface area (Å²) in [5.74, 6) is -1.72. The number of quaternary nitrogens is 1. The lowest BCUT2D eigenvalue weighted by Crippen LogP contribution is -2.55. The van der Waals surface area contributed by atoms with Gasteiger partial charge in [0.1, 0.15) is 12.6 Å². The Morgan fingerprint density at radius 1 is 0.510 bits per heavy atom. The van der Waals surface area contributed by atoms with Crippen LogP contribution >= 0.6 is 0 Å². The van der Waals surface area contributed by atoms with Crippen molar-refractivity contribution >= 4 is 17.9 Å². The number of unbranched alkanes of at least 4 members (excludes halogenated alkanes) is 25. The average molecular weight is 726 g/mol. The Labute approximate surface area is 315 Å². The normalized spacial score (nSPS) is 12.9. The van der Waals surface area contributed by atoms with Gasteiger partial charge in [-0.05, 0) is 12.8 Å². The third kappa shape index (κ3) is 33.9. The van der Waals surface area contributed by atoms with E-state index in [0.29, 0.717) is 12.8 Å². The Morgan fingerprint density at radius 2 is 0.863 bits per heavy atom. The van der Waals surface area contributed by atoms with E-state index < -0.39 is 18.1 Å². The first-order chi connectivity index (χ1) is 24.6. The highest BCUT2D eigenvalue weighted by molar-refractivity contribution is 5.70. The fourth-order valence-electron chi connectivity index (χ4n) is 6.60. The first-order valence-corrected chi connectivity index (χ1v) is 21.6. The van der Waals surface area contributed by atoms with Gasteiger partial charge >= 0.3 is 11.9 Å². The molecule has 2 unspecified atom stereocenters. The van der Waals surface area contributed by atoms with Gasteiger partial charge in [-0.2, -0.15) is 0 Å². The molecule has 0 saturated heterocycles. The number of likely N-dealkylation sites (N-methyl/N-ethyl adjacent to an activating group) is 1. The molecular weight excluding hydrogens is 642 g/mol. The molecule has 0 bridgehead atoms. The van der Waals surface area contributed by atoms with Crippen LogP contribution in [-0.2, 0) is 28.6 Å². The molecule has 0 aliphatic heterocycles. The van der Waals surface area contributed by atoms with E-state index >= 15 is 0 Å². The minimum absolute atomic E-state index is 0.0485. The van der Waals surface area contributed by atoms with Crippen LogP contribution in [0.1, 0.15) is 206 Å². The molecule has 0 N–H and O–H groups in total. The molecule has 0 aromatic carbocycles. The summed E-state index contributed by atoms with van der Waals surface area (Å²) in [6.45, 7) is 4.66. The third-order valence-corrected chi connectivity index (χ3v) is 9.99. The number of ether oxygens (including phenoxy) is 3. The van der Waals surface area contributed by atoms with Gasteiger partial charge in [-0.3, -0.25) is 9.59 Å². The van der Waals surface area contributed by atoms with Crippen molar-refractivity contribution in [2.24, 2.45) is 0 Å². The summed E-state index contributed by atoms with van der Waals surface area (Å²) >= 11 is 0. The zero-order chi connectivity index (χ0) is 37.8. The Morgan fingerprint density at radius 3 is 1.22 bits per heavy atom. The molecule has 0 aromatic rings. The zero-order valence-corrected chi connectivity index (χ0v) is 34.3. The molecule has 0 saturated carbocycles. The number of aliphatic carboxylic acids is 1. The first-order valence-electron chi connectivity index (χ1n) is 21.6. The van der Waals surface area contributed by atoms with E-state index in [0.717, 1.165) is 38.5 Å². The second-order valence-electron chi connectivity index (χ2n) is 15.9. The van der Waals surface area contributed by atoms with Crippen LogP contribution in [0.15, 0.2) is 0 Å². The molecule has 51 heavy (non-hydrogen) atoms. The van der Waals surface area contributed by atoms with Gasteiger partial charge in [-0.15, -0.1) is 0 Å². The molecule has 8 heteroatoms.